The van der Waals surface area contributed by atoms with E-state index in [4.69, 9.17) is 26.7 Å². The van der Waals surface area contributed by atoms with Crippen LogP contribution in [0.2, 0.25) is 0 Å². The lowest BCUT2D eigenvalue weighted by Gasteiger charge is -2.31. The molecule has 0 spiro atoms. The lowest BCUT2D eigenvalue weighted by atomic mass is 10.0. The number of benzene rings is 2. The van der Waals surface area contributed by atoms with Gasteiger partial charge in [0.25, 0.3) is 0 Å². The van der Waals surface area contributed by atoms with Crippen molar-refractivity contribution in [2.75, 3.05) is 62.9 Å². The summed E-state index contributed by atoms with van der Waals surface area (Å²) in [5, 5.41) is 3.37. The van der Waals surface area contributed by atoms with Crippen LogP contribution in [0.15, 0.2) is 53.9 Å². The number of likely N-dealkylation sites (tertiary alicyclic amines) is 2. The van der Waals surface area contributed by atoms with Crippen molar-refractivity contribution in [1.29, 1.82) is 0 Å². The highest BCUT2D eigenvalue weighted by Gasteiger charge is 2.24. The van der Waals surface area contributed by atoms with E-state index < -0.39 is 10.8 Å². The van der Waals surface area contributed by atoms with Crippen LogP contribution in [0.4, 0.5) is 17.6 Å². The summed E-state index contributed by atoms with van der Waals surface area (Å²) in [5.41, 5.74) is 20.6. The van der Waals surface area contributed by atoms with Gasteiger partial charge in [-0.25, -0.2) is 15.0 Å². The summed E-state index contributed by atoms with van der Waals surface area (Å²) in [7, 11) is 1.70. The number of aromatic nitrogens is 4. The SMILES string of the molecule is C.CC(=O)N1CCC(N)CC1.CCS(=O)c1ncc(C(=O)c2cc(C)ccc2OC)c(N)n1.COc1ccc(C)cc1C(=O)c1cnc(NC2CCN(C(C)=O)CC2)nc1N. The molecule has 0 radical (unpaired) electrons. The smallest absolute Gasteiger partial charge is 0.224 e. The maximum Gasteiger partial charge on any atom is 0.224 e. The number of nitrogens with zero attached hydrogens (tertiary/aromatic N) is 6. The molecular weight excluding hydrogens is 801 g/mol. The Balaban J connectivity index is 0.000000267. The highest BCUT2D eigenvalue weighted by Crippen LogP contribution is 2.26. The molecule has 1 unspecified atom stereocenters. The number of nitrogens with one attached hydrogen (secondary N) is 1. The van der Waals surface area contributed by atoms with Crippen LogP contribution in [0, 0.1) is 13.8 Å². The van der Waals surface area contributed by atoms with Crippen LogP contribution in [0.25, 0.3) is 0 Å². The molecule has 2 aromatic carbocycles. The average Bonchev–Trinajstić information content (AvgIpc) is 3.23. The van der Waals surface area contributed by atoms with E-state index in [2.05, 4.69) is 25.3 Å². The third kappa shape index (κ3) is 13.5. The number of anilines is 3. The maximum absolute atomic E-state index is 12.9. The number of hydrogen-bond acceptors (Lipinski definition) is 15. The molecule has 0 bridgehead atoms. The summed E-state index contributed by atoms with van der Waals surface area (Å²) in [6.45, 7) is 11.8. The topological polar surface area (TPSA) is 252 Å². The fourth-order valence-corrected chi connectivity index (χ4v) is 7.08. The van der Waals surface area contributed by atoms with Gasteiger partial charge in [-0.2, -0.15) is 4.98 Å². The van der Waals surface area contributed by atoms with Crippen LogP contribution in [0.3, 0.4) is 0 Å². The van der Waals surface area contributed by atoms with Crippen molar-refractivity contribution in [3.8, 4) is 11.5 Å². The molecule has 2 aliphatic rings. The van der Waals surface area contributed by atoms with Gasteiger partial charge in [-0.3, -0.25) is 23.4 Å². The van der Waals surface area contributed by atoms with Crippen molar-refractivity contribution in [1.82, 2.24) is 29.7 Å². The van der Waals surface area contributed by atoms with Crippen LogP contribution >= 0.6 is 0 Å². The molecule has 2 aromatic heterocycles. The molecule has 2 saturated heterocycles. The van der Waals surface area contributed by atoms with Crippen molar-refractivity contribution in [2.24, 2.45) is 5.73 Å². The minimum atomic E-state index is -1.31. The zero-order valence-corrected chi connectivity index (χ0v) is 36.1. The van der Waals surface area contributed by atoms with Crippen LogP contribution < -0.4 is 32.0 Å². The summed E-state index contributed by atoms with van der Waals surface area (Å²) >= 11 is 0. The second-order valence-electron chi connectivity index (χ2n) is 14.4. The Morgan fingerprint density at radius 1 is 0.738 bits per heavy atom. The minimum absolute atomic E-state index is 0. The molecule has 4 heterocycles. The monoisotopic (exact) mass is 860 g/mol. The first-order chi connectivity index (χ1) is 28.6. The predicted octanol–water partition coefficient (Wildman–Crippen LogP) is 4.36. The summed E-state index contributed by atoms with van der Waals surface area (Å²) in [4.78, 5) is 67.9. The molecule has 4 aromatic rings. The number of methoxy groups -OCH3 is 2. The number of piperidine rings is 2. The quantitative estimate of drug-likeness (QED) is 0.128. The van der Waals surface area contributed by atoms with Gasteiger partial charge in [-0.15, -0.1) is 0 Å². The van der Waals surface area contributed by atoms with Crippen molar-refractivity contribution in [3.05, 3.63) is 82.2 Å². The van der Waals surface area contributed by atoms with Gasteiger partial charge in [0.1, 0.15) is 23.1 Å². The van der Waals surface area contributed by atoms with E-state index in [0.717, 1.165) is 49.9 Å². The molecular formula is C43H60N10O7S. The second-order valence-corrected chi connectivity index (χ2v) is 16.0. The Morgan fingerprint density at radius 2 is 1.18 bits per heavy atom. The van der Waals surface area contributed by atoms with Crippen molar-refractivity contribution < 1.29 is 32.9 Å². The predicted molar refractivity (Wildman–Crippen MR) is 237 cm³/mol. The first-order valence-corrected chi connectivity index (χ1v) is 20.9. The van der Waals surface area contributed by atoms with E-state index in [-0.39, 0.29) is 64.8 Å². The molecule has 0 saturated carbocycles. The van der Waals surface area contributed by atoms with E-state index in [1.165, 1.54) is 26.6 Å². The standard InChI is InChI=1S/C20H25N5O3.C15H17N3O3S.C7H14N2O.CH4/c1-12-4-5-17(28-3)15(10-12)18(27)16-11-22-20(24-19(16)21)23-14-6-8-25(9-7-14)13(2)26;1-4-22(20)15-17-8-11(14(16)18-15)13(19)10-7-9(2)5-6-12(10)21-3;1-6(10)9-4-2-7(8)3-5-9;/h4-5,10-11,14H,6-9H2,1-3H3,(H3,21,22,23,24);5-8H,4H2,1-3H3,(H2,16,17,18);7H,2-5,8H2,1H3;1H4. The van der Waals surface area contributed by atoms with Crippen LogP contribution in [0.1, 0.15) is 96.9 Å². The fourth-order valence-electron chi connectivity index (χ4n) is 6.46. The number of ketones is 2. The van der Waals surface area contributed by atoms with E-state index in [1.54, 1.807) is 45.0 Å². The maximum atomic E-state index is 12.9. The van der Waals surface area contributed by atoms with Gasteiger partial charge in [-0.1, -0.05) is 37.6 Å². The molecule has 2 amide bonds. The number of aryl methyl sites for hydroxylation is 2. The van der Waals surface area contributed by atoms with E-state index >= 15 is 0 Å². The Bertz CT molecular complexity index is 2190. The van der Waals surface area contributed by atoms with Crippen LogP contribution in [0.5, 0.6) is 11.5 Å². The van der Waals surface area contributed by atoms with Gasteiger partial charge in [0, 0.05) is 70.3 Å². The largest absolute Gasteiger partial charge is 0.496 e. The zero-order chi connectivity index (χ0) is 44.1. The normalized spacial score (nSPS) is 14.5. The highest BCUT2D eigenvalue weighted by molar-refractivity contribution is 7.84. The lowest BCUT2D eigenvalue weighted by molar-refractivity contribution is -0.130. The summed E-state index contributed by atoms with van der Waals surface area (Å²) in [5.74, 6) is 1.50. The molecule has 2 aliphatic heterocycles. The third-order valence-electron chi connectivity index (χ3n) is 10.0. The molecule has 1 atom stereocenters. The van der Waals surface area contributed by atoms with Crippen molar-refractivity contribution >= 4 is 51.8 Å². The Kier molecular flexibility index (Phi) is 18.7. The van der Waals surface area contributed by atoms with Gasteiger partial charge in [-0.05, 0) is 63.8 Å². The Morgan fingerprint density at radius 3 is 1.59 bits per heavy atom. The molecule has 6 rings (SSSR count). The number of rotatable bonds is 10. The highest BCUT2D eigenvalue weighted by atomic mass is 32.2. The average molecular weight is 861 g/mol. The lowest BCUT2D eigenvalue weighted by Crippen LogP contribution is -2.41. The molecule has 330 valence electrons. The molecule has 17 nitrogen and oxygen atoms in total. The van der Waals surface area contributed by atoms with Crippen molar-refractivity contribution in [3.63, 3.8) is 0 Å². The first-order valence-electron chi connectivity index (χ1n) is 19.6. The molecule has 2 fully saturated rings. The number of nitrogens with two attached hydrogens (primary N) is 3. The van der Waals surface area contributed by atoms with Crippen LogP contribution in [-0.2, 0) is 20.4 Å². The molecule has 7 N–H and O–H groups in total. The number of ether oxygens (including phenoxy) is 2. The Hall–Kier alpha value is -6.01. The first kappa shape index (κ1) is 49.4. The van der Waals surface area contributed by atoms with E-state index in [1.807, 2.05) is 35.8 Å². The number of carbonyl (C=O) groups is 4. The van der Waals surface area contributed by atoms with Gasteiger partial charge in [0.15, 0.2) is 0 Å². The summed E-state index contributed by atoms with van der Waals surface area (Å²) < 4.78 is 22.2. The van der Waals surface area contributed by atoms with Gasteiger partial charge < -0.3 is 41.8 Å². The number of amides is 2. The number of carbonyl (C=O) groups excluding carboxylic acids is 4. The molecule has 61 heavy (non-hydrogen) atoms. The minimum Gasteiger partial charge on any atom is -0.496 e. The summed E-state index contributed by atoms with van der Waals surface area (Å²) in [6, 6.07) is 11.2. The second kappa shape index (κ2) is 23.1. The summed E-state index contributed by atoms with van der Waals surface area (Å²) in [6.07, 6.45) is 6.29. The van der Waals surface area contributed by atoms with E-state index in [0.29, 0.717) is 53.5 Å². The number of nitrogen functional groups attached to an aromatic ring is 2. The number of hydrogen-bond donors (Lipinski definition) is 4. The molecule has 0 aliphatic carbocycles. The third-order valence-corrected chi connectivity index (χ3v) is 11.2. The van der Waals surface area contributed by atoms with E-state index in [9.17, 15) is 23.4 Å². The fraction of sp³-hybridized carbons (Fsp3) is 0.442. The van der Waals surface area contributed by atoms with Crippen molar-refractivity contribution in [2.45, 2.75) is 85.0 Å². The van der Waals surface area contributed by atoms with Gasteiger partial charge in [0.05, 0.1) is 47.3 Å². The van der Waals surface area contributed by atoms with Gasteiger partial charge >= 0.3 is 0 Å². The zero-order valence-electron chi connectivity index (χ0n) is 35.3. The Labute approximate surface area is 360 Å². The molecule has 18 heteroatoms. The van der Waals surface area contributed by atoms with Gasteiger partial charge in [0.2, 0.25) is 34.5 Å². The van der Waals surface area contributed by atoms with Crippen LogP contribution in [-0.4, -0.2) is 116 Å².